The van der Waals surface area contributed by atoms with E-state index in [1.165, 1.54) is 11.1 Å². The molecule has 2 aromatic carbocycles. The maximum atomic E-state index is 13.2. The van der Waals surface area contributed by atoms with Gasteiger partial charge in [-0.05, 0) is 116 Å². The highest BCUT2D eigenvalue weighted by Gasteiger charge is 2.54. The number of carbonyl (C=O) groups excluding carboxylic acids is 1. The maximum Gasteiger partial charge on any atom is 0.196 e. The van der Waals surface area contributed by atoms with Crippen LogP contribution in [-0.4, -0.2) is 28.7 Å². The summed E-state index contributed by atoms with van der Waals surface area (Å²) in [6.45, 7) is 4.79. The molecular weight excluding hydrogens is 388 g/mol. The second-order valence-corrected chi connectivity index (χ2v) is 9.91. The minimum Gasteiger partial charge on any atom is -0.507 e. The third-order valence-corrected chi connectivity index (χ3v) is 8.46. The van der Waals surface area contributed by atoms with Gasteiger partial charge in [0.05, 0.1) is 18.3 Å². The van der Waals surface area contributed by atoms with Crippen LogP contribution in [0.5, 0.6) is 11.5 Å². The number of hydrogen-bond acceptors (Lipinski definition) is 4. The Hall–Kier alpha value is -2.33. The SMILES string of the molecule is CCOc1ccc(C(=O)c2cc3c(cc2O)CC[C@@H]2[C@@H]3CC[C@]3(C)[C@@H](O)CC[C@@H]23)cc1. The number of ether oxygens (including phenoxy) is 1. The Morgan fingerprint density at radius 3 is 2.65 bits per heavy atom. The first kappa shape index (κ1) is 20.6. The van der Waals surface area contributed by atoms with Crippen LogP contribution in [0.4, 0.5) is 0 Å². The molecule has 3 aliphatic rings. The van der Waals surface area contributed by atoms with E-state index in [4.69, 9.17) is 4.74 Å². The minimum absolute atomic E-state index is 0.0382. The fourth-order valence-corrected chi connectivity index (χ4v) is 6.79. The van der Waals surface area contributed by atoms with Crippen molar-refractivity contribution in [2.45, 2.75) is 64.4 Å². The van der Waals surface area contributed by atoms with Crippen molar-refractivity contribution < 1.29 is 19.7 Å². The molecule has 0 unspecified atom stereocenters. The van der Waals surface area contributed by atoms with Gasteiger partial charge in [-0.15, -0.1) is 0 Å². The normalized spacial score (nSPS) is 31.5. The number of aliphatic hydroxyl groups excluding tert-OH is 1. The molecule has 0 aliphatic heterocycles. The van der Waals surface area contributed by atoms with Crippen LogP contribution in [0.2, 0.25) is 0 Å². The van der Waals surface area contributed by atoms with Crippen molar-refractivity contribution in [1.29, 1.82) is 0 Å². The van der Waals surface area contributed by atoms with Gasteiger partial charge in [0.1, 0.15) is 11.5 Å². The smallest absolute Gasteiger partial charge is 0.196 e. The predicted octanol–water partition coefficient (Wildman–Crippen LogP) is 5.24. The summed E-state index contributed by atoms with van der Waals surface area (Å²) in [6, 6.07) is 10.9. The second-order valence-electron chi connectivity index (χ2n) is 9.91. The van der Waals surface area contributed by atoms with Crippen LogP contribution >= 0.6 is 0 Å². The highest BCUT2D eigenvalue weighted by molar-refractivity contribution is 6.10. The molecular formula is C27H32O4. The Morgan fingerprint density at radius 2 is 1.90 bits per heavy atom. The van der Waals surface area contributed by atoms with E-state index in [9.17, 15) is 15.0 Å². The van der Waals surface area contributed by atoms with E-state index >= 15 is 0 Å². The van der Waals surface area contributed by atoms with Crippen molar-refractivity contribution in [1.82, 2.24) is 0 Å². The van der Waals surface area contributed by atoms with Crippen LogP contribution in [0.25, 0.3) is 0 Å². The van der Waals surface area contributed by atoms with E-state index in [0.29, 0.717) is 35.5 Å². The first-order valence-corrected chi connectivity index (χ1v) is 11.7. The summed E-state index contributed by atoms with van der Waals surface area (Å²) in [5.41, 5.74) is 3.41. The van der Waals surface area contributed by atoms with Gasteiger partial charge >= 0.3 is 0 Å². The van der Waals surface area contributed by atoms with Gasteiger partial charge in [-0.2, -0.15) is 0 Å². The lowest BCUT2D eigenvalue weighted by Gasteiger charge is -2.50. The van der Waals surface area contributed by atoms with Crippen LogP contribution in [0.1, 0.15) is 78.9 Å². The molecule has 0 bridgehead atoms. The minimum atomic E-state index is -0.184. The van der Waals surface area contributed by atoms with E-state index in [-0.39, 0.29) is 23.1 Å². The van der Waals surface area contributed by atoms with Gasteiger partial charge in [0.25, 0.3) is 0 Å². The predicted molar refractivity (Wildman–Crippen MR) is 120 cm³/mol. The van der Waals surface area contributed by atoms with Crippen LogP contribution in [0.15, 0.2) is 36.4 Å². The van der Waals surface area contributed by atoms with E-state index in [0.717, 1.165) is 44.3 Å². The van der Waals surface area contributed by atoms with Gasteiger partial charge in [-0.1, -0.05) is 6.92 Å². The monoisotopic (exact) mass is 420 g/mol. The highest BCUT2D eigenvalue weighted by atomic mass is 16.5. The van der Waals surface area contributed by atoms with Crippen LogP contribution in [0, 0.1) is 17.3 Å². The Morgan fingerprint density at radius 1 is 1.13 bits per heavy atom. The number of aryl methyl sites for hydroxylation is 1. The molecule has 2 fully saturated rings. The van der Waals surface area contributed by atoms with Crippen molar-refractivity contribution in [3.05, 3.63) is 58.7 Å². The lowest BCUT2D eigenvalue weighted by Crippen LogP contribution is -2.44. The Kier molecular flexibility index (Phi) is 5.09. The molecule has 5 atom stereocenters. The van der Waals surface area contributed by atoms with Gasteiger partial charge in [0.15, 0.2) is 5.78 Å². The van der Waals surface area contributed by atoms with E-state index in [1.807, 2.05) is 19.1 Å². The first-order valence-electron chi connectivity index (χ1n) is 11.7. The summed E-state index contributed by atoms with van der Waals surface area (Å²) in [4.78, 5) is 13.2. The molecule has 0 heterocycles. The van der Waals surface area contributed by atoms with E-state index < -0.39 is 0 Å². The average Bonchev–Trinajstić information content (AvgIpc) is 3.08. The molecule has 2 aromatic rings. The topological polar surface area (TPSA) is 66.8 Å². The highest BCUT2D eigenvalue weighted by Crippen LogP contribution is 2.61. The fourth-order valence-electron chi connectivity index (χ4n) is 6.79. The summed E-state index contributed by atoms with van der Waals surface area (Å²) in [5, 5.41) is 21.3. The van der Waals surface area contributed by atoms with Crippen LogP contribution in [0.3, 0.4) is 0 Å². The van der Waals surface area contributed by atoms with Crippen molar-refractivity contribution in [3.8, 4) is 11.5 Å². The van der Waals surface area contributed by atoms with Gasteiger partial charge in [0, 0.05) is 5.56 Å². The number of aliphatic hydroxyl groups is 1. The number of hydrogen-bond donors (Lipinski definition) is 2. The van der Waals surface area contributed by atoms with Gasteiger partial charge < -0.3 is 14.9 Å². The Bertz CT molecular complexity index is 995. The Balaban J connectivity index is 1.47. The number of aromatic hydroxyl groups is 1. The van der Waals surface area contributed by atoms with Crippen molar-refractivity contribution >= 4 is 5.78 Å². The van der Waals surface area contributed by atoms with Crippen molar-refractivity contribution in [3.63, 3.8) is 0 Å². The number of rotatable bonds is 4. The summed E-state index contributed by atoms with van der Waals surface area (Å²) < 4.78 is 5.48. The van der Waals surface area contributed by atoms with Gasteiger partial charge in [-0.25, -0.2) is 0 Å². The molecule has 164 valence electrons. The average molecular weight is 421 g/mol. The summed E-state index contributed by atoms with van der Waals surface area (Å²) in [5.74, 6) is 2.19. The van der Waals surface area contributed by atoms with E-state index in [1.54, 1.807) is 24.3 Å². The molecule has 3 aliphatic carbocycles. The molecule has 2 N–H and O–H groups in total. The zero-order valence-electron chi connectivity index (χ0n) is 18.4. The zero-order valence-corrected chi connectivity index (χ0v) is 18.4. The quantitative estimate of drug-likeness (QED) is 0.664. The molecule has 0 aromatic heterocycles. The molecule has 31 heavy (non-hydrogen) atoms. The number of ketones is 1. The second kappa shape index (κ2) is 7.67. The summed E-state index contributed by atoms with van der Waals surface area (Å²) in [7, 11) is 0. The number of phenols is 1. The van der Waals surface area contributed by atoms with Gasteiger partial charge in [-0.3, -0.25) is 4.79 Å². The first-order chi connectivity index (χ1) is 14.9. The van der Waals surface area contributed by atoms with Gasteiger partial charge in [0.2, 0.25) is 0 Å². The largest absolute Gasteiger partial charge is 0.507 e. The molecule has 4 heteroatoms. The number of carbonyl (C=O) groups is 1. The lowest BCUT2D eigenvalue weighted by atomic mass is 9.55. The lowest BCUT2D eigenvalue weighted by molar-refractivity contribution is -0.0226. The zero-order chi connectivity index (χ0) is 21.8. The molecule has 4 nitrogen and oxygen atoms in total. The molecule has 0 spiro atoms. The van der Waals surface area contributed by atoms with Crippen molar-refractivity contribution in [2.24, 2.45) is 17.3 Å². The summed E-state index contributed by atoms with van der Waals surface area (Å²) in [6.07, 6.45) is 5.95. The van der Waals surface area contributed by atoms with Crippen LogP contribution in [-0.2, 0) is 6.42 Å². The molecule has 5 rings (SSSR count). The summed E-state index contributed by atoms with van der Waals surface area (Å²) >= 11 is 0. The maximum absolute atomic E-state index is 13.2. The van der Waals surface area contributed by atoms with Crippen LogP contribution < -0.4 is 4.74 Å². The Labute approximate surface area is 184 Å². The number of phenolic OH excluding ortho intramolecular Hbond substituents is 1. The van der Waals surface area contributed by atoms with Crippen molar-refractivity contribution in [2.75, 3.05) is 6.61 Å². The van der Waals surface area contributed by atoms with E-state index in [2.05, 4.69) is 6.92 Å². The third-order valence-electron chi connectivity index (χ3n) is 8.46. The molecule has 0 saturated heterocycles. The number of benzene rings is 2. The fraction of sp³-hybridized carbons (Fsp3) is 0.519. The molecule has 0 amide bonds. The molecule has 2 saturated carbocycles. The molecule has 0 radical (unpaired) electrons. The third kappa shape index (κ3) is 3.27. The number of fused-ring (bicyclic) bond motifs is 5. The standard InChI is InChI=1S/C27H32O4/c1-3-31-18-7-4-16(5-8-18)26(30)22-15-21-17(14-24(22)28)6-9-20-19(21)12-13-27(2)23(20)10-11-25(27)29/h4-5,7-8,14-15,19-20,23,25,28-29H,3,6,9-13H2,1-2H3/t19-,20+,23-,25-,27-/m0/s1.